The minimum atomic E-state index is -0.250. The van der Waals surface area contributed by atoms with Crippen molar-refractivity contribution in [1.82, 2.24) is 0 Å². The Kier molecular flexibility index (Phi) is 8.65. The first-order valence-corrected chi connectivity index (χ1v) is 17.7. The summed E-state index contributed by atoms with van der Waals surface area (Å²) in [5.74, 6) is 0. The van der Waals surface area contributed by atoms with Gasteiger partial charge in [0, 0.05) is 10.0 Å². The molecule has 0 saturated heterocycles. The molecule has 0 heterocycles. The summed E-state index contributed by atoms with van der Waals surface area (Å²) < 4.78 is 0. The van der Waals surface area contributed by atoms with Gasteiger partial charge in [-0.1, -0.05) is 29.3 Å². The molecular weight excluding hydrogens is 380 g/mol. The molecule has 0 aliphatic carbocycles. The molecule has 0 aliphatic heterocycles. The van der Waals surface area contributed by atoms with E-state index < -0.39 is 0 Å². The van der Waals surface area contributed by atoms with E-state index in [0.717, 1.165) is 0 Å². The molecule has 1 rings (SSSR count). The van der Waals surface area contributed by atoms with Crippen LogP contribution < -0.4 is 0 Å². The van der Waals surface area contributed by atoms with Gasteiger partial charge < -0.3 is 0 Å². The fraction of sp³-hybridized carbons (Fsp3) is 0. The van der Waals surface area contributed by atoms with Crippen LogP contribution in [0.15, 0.2) is 18.2 Å². The maximum atomic E-state index is 5.67. The molecule has 0 nitrogen and oxygen atoms in total. The summed E-state index contributed by atoms with van der Waals surface area (Å²) in [6, 6.07) is 5.31. The van der Waals surface area contributed by atoms with E-state index in [1.807, 2.05) is 0 Å². The second kappa shape index (κ2) is 7.76. The van der Waals surface area contributed by atoms with Gasteiger partial charge in [-0.15, -0.1) is 0 Å². The maximum Gasteiger partial charge on any atom is 0.0452 e. The molecule has 1 radical (unpaired) electrons. The monoisotopic (exact) mass is 381 g/mol. The quantitative estimate of drug-likeness (QED) is 0.560. The largest absolute Gasteiger partial charge is 0.0840 e. The fourth-order valence-corrected chi connectivity index (χ4v) is 0.930. The third-order valence-electron chi connectivity index (χ3n) is 1.06. The summed E-state index contributed by atoms with van der Waals surface area (Å²) in [4.78, 5) is 0. The van der Waals surface area contributed by atoms with Crippen molar-refractivity contribution in [2.75, 3.05) is 0 Å². The summed E-state index contributed by atoms with van der Waals surface area (Å²) in [6.45, 7) is 3.66. The van der Waals surface area contributed by atoms with Crippen LogP contribution in [0.25, 0.3) is 0 Å². The van der Waals surface area contributed by atoms with E-state index in [2.05, 4.69) is 34.2 Å². The number of hydrogen-bond donors (Lipinski definition) is 0. The van der Waals surface area contributed by atoms with Crippen molar-refractivity contribution < 1.29 is 13.2 Å². The molecule has 0 aromatic heterocycles. The Morgan fingerprint density at radius 3 is 1.75 bits per heavy atom. The van der Waals surface area contributed by atoms with E-state index in [4.69, 9.17) is 23.2 Å². The number of hydrogen-bond acceptors (Lipinski definition) is 0. The van der Waals surface area contributed by atoms with E-state index >= 15 is 0 Å². The van der Waals surface area contributed by atoms with Gasteiger partial charge in [-0.25, -0.2) is 0 Å². The molecule has 12 heavy (non-hydrogen) atoms. The SMILES string of the molecule is [Br][Zn][Br].[CH2]c1c(Cl)cccc1Cl. The molecule has 0 unspecified atom stereocenters. The molecule has 0 amide bonds. The van der Waals surface area contributed by atoms with Crippen LogP contribution in [-0.4, -0.2) is 0 Å². The van der Waals surface area contributed by atoms with Crippen molar-refractivity contribution in [3.63, 3.8) is 0 Å². The molecule has 0 fully saturated rings. The summed E-state index contributed by atoms with van der Waals surface area (Å²) in [5.41, 5.74) is 0.695. The summed E-state index contributed by atoms with van der Waals surface area (Å²) >= 11 is 17.6. The third-order valence-corrected chi connectivity index (χ3v) is 1.77. The maximum absolute atomic E-state index is 5.67. The first kappa shape index (κ1) is 13.4. The Hall–Kier alpha value is 1.38. The normalized spacial score (nSPS) is 8.08. The van der Waals surface area contributed by atoms with Crippen LogP contribution in [0, 0.1) is 6.92 Å². The van der Waals surface area contributed by atoms with Crippen LogP contribution >= 0.6 is 50.4 Å². The zero-order valence-corrected chi connectivity index (χ0v) is 13.8. The van der Waals surface area contributed by atoms with E-state index in [1.165, 1.54) is 0 Å². The Morgan fingerprint density at radius 2 is 1.50 bits per heavy atom. The predicted molar refractivity (Wildman–Crippen MR) is 58.8 cm³/mol. The summed E-state index contributed by atoms with van der Waals surface area (Å²) in [7, 11) is 0. The molecule has 5 heteroatoms. The van der Waals surface area contributed by atoms with Crippen molar-refractivity contribution in [2.45, 2.75) is 0 Å². The fourth-order valence-electron chi connectivity index (χ4n) is 0.532. The molecule has 0 bridgehead atoms. The first-order valence-electron chi connectivity index (χ1n) is 3.01. The van der Waals surface area contributed by atoms with E-state index in [-0.39, 0.29) is 13.2 Å². The van der Waals surface area contributed by atoms with Gasteiger partial charge >= 0.3 is 40.5 Å². The van der Waals surface area contributed by atoms with Gasteiger partial charge in [0.1, 0.15) is 0 Å². The van der Waals surface area contributed by atoms with Crippen LogP contribution in [0.2, 0.25) is 10.0 Å². The van der Waals surface area contributed by atoms with Gasteiger partial charge in [0.25, 0.3) is 0 Å². The minimum Gasteiger partial charge on any atom is -0.0840 e. The molecule has 1 aromatic carbocycles. The smallest absolute Gasteiger partial charge is 0.0452 e. The van der Waals surface area contributed by atoms with Gasteiger partial charge in [0.15, 0.2) is 0 Å². The minimum absolute atomic E-state index is 0.250. The van der Waals surface area contributed by atoms with Crippen LogP contribution in [0.5, 0.6) is 0 Å². The first-order chi connectivity index (χ1) is 5.63. The van der Waals surface area contributed by atoms with E-state index in [0.29, 0.717) is 15.6 Å². The van der Waals surface area contributed by atoms with Crippen LogP contribution in [0.4, 0.5) is 0 Å². The van der Waals surface area contributed by atoms with Gasteiger partial charge in [0.05, 0.1) is 0 Å². The zero-order valence-electron chi connectivity index (χ0n) is 6.16. The number of halogens is 4. The average molecular weight is 385 g/mol. The van der Waals surface area contributed by atoms with Crippen molar-refractivity contribution in [2.24, 2.45) is 0 Å². The third kappa shape index (κ3) is 5.19. The van der Waals surface area contributed by atoms with E-state index in [9.17, 15) is 0 Å². The summed E-state index contributed by atoms with van der Waals surface area (Å²) in [6.07, 6.45) is 0. The van der Waals surface area contributed by atoms with Crippen molar-refractivity contribution >= 4 is 50.4 Å². The van der Waals surface area contributed by atoms with Crippen molar-refractivity contribution in [3.05, 3.63) is 40.7 Å². The Morgan fingerprint density at radius 1 is 1.17 bits per heavy atom. The van der Waals surface area contributed by atoms with E-state index in [1.54, 1.807) is 18.2 Å². The second-order valence-electron chi connectivity index (χ2n) is 1.80. The zero-order chi connectivity index (χ0) is 9.56. The Labute approximate surface area is 103 Å². The van der Waals surface area contributed by atoms with Gasteiger partial charge in [-0.2, -0.15) is 0 Å². The second-order valence-corrected chi connectivity index (χ2v) is 16.7. The topological polar surface area (TPSA) is 0 Å². The molecule has 0 N–H and O–H groups in total. The number of benzene rings is 1. The molecule has 0 aliphatic rings. The van der Waals surface area contributed by atoms with Gasteiger partial charge in [0.2, 0.25) is 0 Å². The van der Waals surface area contributed by atoms with Crippen LogP contribution in [-0.2, 0) is 13.2 Å². The Balaban J connectivity index is 0.000000354. The average Bonchev–Trinajstić information content (AvgIpc) is 2.02. The van der Waals surface area contributed by atoms with Gasteiger partial charge in [-0.3, -0.25) is 0 Å². The molecular formula is C7H5Br2Cl2Zn. The van der Waals surface area contributed by atoms with Crippen molar-refractivity contribution in [3.8, 4) is 0 Å². The molecule has 63 valence electrons. The van der Waals surface area contributed by atoms with Crippen LogP contribution in [0.1, 0.15) is 5.56 Å². The molecule has 0 saturated carbocycles. The van der Waals surface area contributed by atoms with Gasteiger partial charge in [-0.05, 0) is 24.6 Å². The molecule has 1 aromatic rings. The molecule has 0 atom stereocenters. The standard InChI is InChI=1S/C7H5Cl2.2BrH.Zn/c1-5-6(8)3-2-4-7(5)9;;;/h2-4H,1H2;2*1H;/q;;;+2/p-2. The van der Waals surface area contributed by atoms with Crippen LogP contribution in [0.3, 0.4) is 0 Å². The molecule has 0 spiro atoms. The number of rotatable bonds is 0. The Bertz CT molecular complexity index is 223. The predicted octanol–water partition coefficient (Wildman–Crippen LogP) is 4.86. The van der Waals surface area contributed by atoms with Crippen molar-refractivity contribution in [1.29, 1.82) is 0 Å². The summed E-state index contributed by atoms with van der Waals surface area (Å²) in [5, 5.41) is 1.23.